The number of ether oxygens (including phenoxy) is 2. The van der Waals surface area contributed by atoms with Crippen LogP contribution < -0.4 is 15.4 Å². The highest BCUT2D eigenvalue weighted by Gasteiger charge is 2.39. The number of carbonyl (C=O) groups excluding carboxylic acids is 1. The van der Waals surface area contributed by atoms with Gasteiger partial charge in [0.1, 0.15) is 0 Å². The molecule has 0 spiro atoms. The lowest BCUT2D eigenvalue weighted by molar-refractivity contribution is 0.0948. The Morgan fingerprint density at radius 3 is 2.90 bits per heavy atom. The van der Waals surface area contributed by atoms with Crippen LogP contribution in [-0.2, 0) is 4.74 Å². The van der Waals surface area contributed by atoms with Gasteiger partial charge < -0.3 is 25.2 Å². The van der Waals surface area contributed by atoms with Crippen LogP contribution >= 0.6 is 0 Å². The van der Waals surface area contributed by atoms with E-state index < -0.39 is 0 Å². The highest BCUT2D eigenvalue weighted by molar-refractivity contribution is 5.95. The summed E-state index contributed by atoms with van der Waals surface area (Å²) in [7, 11) is 3.21. The summed E-state index contributed by atoms with van der Waals surface area (Å²) < 4.78 is 10.3. The highest BCUT2D eigenvalue weighted by Crippen LogP contribution is 2.52. The van der Waals surface area contributed by atoms with Gasteiger partial charge in [0, 0.05) is 43.0 Å². The number of rotatable bonds is 7. The molecule has 3 N–H and O–H groups in total. The number of benzene rings is 2. The Balaban J connectivity index is 1.60. The van der Waals surface area contributed by atoms with Crippen molar-refractivity contribution in [1.82, 2.24) is 5.32 Å². The van der Waals surface area contributed by atoms with Crippen LogP contribution in [0, 0.1) is 5.92 Å². The molecule has 6 nitrogen and oxygen atoms in total. The second kappa shape index (κ2) is 8.79. The number of amides is 1. The fourth-order valence-electron chi connectivity index (χ4n) is 4.52. The number of hydrogen-bond acceptors (Lipinski definition) is 5. The second-order valence-corrected chi connectivity index (χ2v) is 7.78. The van der Waals surface area contributed by atoms with Crippen LogP contribution in [0.5, 0.6) is 11.5 Å². The van der Waals surface area contributed by atoms with Gasteiger partial charge in [0.15, 0.2) is 11.5 Å². The fraction of sp³-hybridized carbons (Fsp3) is 0.375. The van der Waals surface area contributed by atoms with Crippen LogP contribution in [0.4, 0.5) is 5.69 Å². The molecule has 0 saturated heterocycles. The van der Waals surface area contributed by atoms with E-state index in [-0.39, 0.29) is 29.5 Å². The van der Waals surface area contributed by atoms with E-state index in [1.807, 2.05) is 30.3 Å². The summed E-state index contributed by atoms with van der Waals surface area (Å²) in [5.74, 6) is 1.04. The third kappa shape index (κ3) is 3.75. The number of para-hydroxylation sites is 1. The molecule has 2 aliphatic rings. The highest BCUT2D eigenvalue weighted by atomic mass is 16.5. The average Bonchev–Trinajstić information content (AvgIpc) is 3.26. The number of hydrogen-bond donors (Lipinski definition) is 3. The van der Waals surface area contributed by atoms with Gasteiger partial charge in [0.05, 0.1) is 13.2 Å². The van der Waals surface area contributed by atoms with Crippen molar-refractivity contribution in [3.63, 3.8) is 0 Å². The quantitative estimate of drug-likeness (QED) is 0.477. The summed E-state index contributed by atoms with van der Waals surface area (Å²) in [5, 5.41) is 17.2. The number of aromatic hydroxyl groups is 1. The Bertz CT molecular complexity index is 956. The molecule has 1 amide bonds. The van der Waals surface area contributed by atoms with E-state index in [0.717, 1.165) is 29.7 Å². The lowest BCUT2D eigenvalue weighted by Gasteiger charge is -2.38. The average molecular weight is 408 g/mol. The summed E-state index contributed by atoms with van der Waals surface area (Å²) in [5.41, 5.74) is 3.61. The van der Waals surface area contributed by atoms with E-state index in [1.165, 1.54) is 0 Å². The largest absolute Gasteiger partial charge is 0.504 e. The Labute approximate surface area is 176 Å². The van der Waals surface area contributed by atoms with Crippen molar-refractivity contribution in [1.29, 1.82) is 0 Å². The molecule has 2 aromatic carbocycles. The smallest absolute Gasteiger partial charge is 0.251 e. The van der Waals surface area contributed by atoms with Crippen molar-refractivity contribution in [3.05, 3.63) is 65.2 Å². The molecule has 0 aromatic heterocycles. The minimum absolute atomic E-state index is 0.0404. The molecule has 30 heavy (non-hydrogen) atoms. The monoisotopic (exact) mass is 408 g/mol. The normalized spacial score (nSPS) is 21.5. The van der Waals surface area contributed by atoms with E-state index in [9.17, 15) is 9.90 Å². The standard InChI is InChI=1S/C24H28N2O4/c1-29-13-5-12-25-24(28)15-10-11-20-19(14-15)16-6-3-7-17(16)22(26-20)18-8-4-9-21(30-2)23(18)27/h3-4,6,8-11,14,16-17,22,26-27H,5,7,12-13H2,1-2H3,(H,25,28). The maximum atomic E-state index is 12.5. The van der Waals surface area contributed by atoms with Crippen molar-refractivity contribution >= 4 is 11.6 Å². The number of phenolic OH excluding ortho intramolecular Hbond substituents is 1. The van der Waals surface area contributed by atoms with Crippen molar-refractivity contribution in [2.75, 3.05) is 32.7 Å². The molecule has 2 aromatic rings. The van der Waals surface area contributed by atoms with Crippen LogP contribution in [0.25, 0.3) is 0 Å². The van der Waals surface area contributed by atoms with Crippen molar-refractivity contribution in [3.8, 4) is 11.5 Å². The topological polar surface area (TPSA) is 79.8 Å². The second-order valence-electron chi connectivity index (χ2n) is 7.78. The molecule has 0 saturated carbocycles. The first-order valence-electron chi connectivity index (χ1n) is 10.3. The molecule has 0 bridgehead atoms. The summed E-state index contributed by atoms with van der Waals surface area (Å²) in [6, 6.07) is 11.4. The first-order chi connectivity index (χ1) is 14.6. The molecule has 1 aliphatic heterocycles. The van der Waals surface area contributed by atoms with Gasteiger partial charge in [-0.25, -0.2) is 0 Å². The lowest BCUT2D eigenvalue weighted by Crippen LogP contribution is -2.30. The minimum atomic E-state index is -0.0695. The van der Waals surface area contributed by atoms with Crippen LogP contribution in [0.2, 0.25) is 0 Å². The maximum Gasteiger partial charge on any atom is 0.251 e. The molecule has 3 unspecified atom stereocenters. The van der Waals surface area contributed by atoms with Gasteiger partial charge in [-0.2, -0.15) is 0 Å². The number of carbonyl (C=O) groups is 1. The number of methoxy groups -OCH3 is 2. The third-order valence-electron chi connectivity index (χ3n) is 6.02. The van der Waals surface area contributed by atoms with Crippen molar-refractivity contribution in [2.45, 2.75) is 24.8 Å². The Kier molecular flexibility index (Phi) is 5.95. The number of phenols is 1. The Morgan fingerprint density at radius 2 is 2.10 bits per heavy atom. The SMILES string of the molecule is COCCCNC(=O)c1ccc2c(c1)C1C=CCC1C(c1cccc(OC)c1O)N2. The van der Waals surface area contributed by atoms with Gasteiger partial charge in [0.2, 0.25) is 0 Å². The molecule has 3 atom stereocenters. The van der Waals surface area contributed by atoms with E-state index >= 15 is 0 Å². The third-order valence-corrected chi connectivity index (χ3v) is 6.02. The van der Waals surface area contributed by atoms with Crippen LogP contribution in [0.3, 0.4) is 0 Å². The predicted octanol–water partition coefficient (Wildman–Crippen LogP) is 3.99. The zero-order chi connectivity index (χ0) is 21.1. The van der Waals surface area contributed by atoms with E-state index in [4.69, 9.17) is 9.47 Å². The minimum Gasteiger partial charge on any atom is -0.504 e. The maximum absolute atomic E-state index is 12.5. The molecule has 1 aliphatic carbocycles. The first kappa shape index (κ1) is 20.3. The summed E-state index contributed by atoms with van der Waals surface area (Å²) in [4.78, 5) is 12.5. The number of nitrogens with one attached hydrogen (secondary N) is 2. The fourth-order valence-corrected chi connectivity index (χ4v) is 4.52. The summed E-state index contributed by atoms with van der Waals surface area (Å²) >= 11 is 0. The zero-order valence-corrected chi connectivity index (χ0v) is 17.4. The predicted molar refractivity (Wildman–Crippen MR) is 116 cm³/mol. The molecule has 0 radical (unpaired) electrons. The van der Waals surface area contributed by atoms with Gasteiger partial charge in [-0.1, -0.05) is 24.3 Å². The Hall–Kier alpha value is -2.99. The molecule has 4 rings (SSSR count). The number of anilines is 1. The van der Waals surface area contributed by atoms with E-state index in [2.05, 4.69) is 22.8 Å². The summed E-state index contributed by atoms with van der Waals surface area (Å²) in [6.07, 6.45) is 6.10. The first-order valence-corrected chi connectivity index (χ1v) is 10.3. The molecular weight excluding hydrogens is 380 g/mol. The van der Waals surface area contributed by atoms with Gasteiger partial charge >= 0.3 is 0 Å². The van der Waals surface area contributed by atoms with Gasteiger partial charge in [0.25, 0.3) is 5.91 Å². The van der Waals surface area contributed by atoms with Crippen LogP contribution in [-0.4, -0.2) is 38.4 Å². The van der Waals surface area contributed by atoms with Crippen LogP contribution in [0.15, 0.2) is 48.6 Å². The van der Waals surface area contributed by atoms with Gasteiger partial charge in [-0.3, -0.25) is 4.79 Å². The van der Waals surface area contributed by atoms with Crippen molar-refractivity contribution < 1.29 is 19.4 Å². The van der Waals surface area contributed by atoms with E-state index in [1.54, 1.807) is 20.3 Å². The summed E-state index contributed by atoms with van der Waals surface area (Å²) in [6.45, 7) is 1.21. The van der Waals surface area contributed by atoms with E-state index in [0.29, 0.717) is 24.5 Å². The van der Waals surface area contributed by atoms with Crippen LogP contribution in [0.1, 0.15) is 46.3 Å². The molecular formula is C24H28N2O4. The lowest BCUT2D eigenvalue weighted by atomic mass is 9.76. The Morgan fingerprint density at radius 1 is 1.23 bits per heavy atom. The zero-order valence-electron chi connectivity index (χ0n) is 17.4. The molecule has 158 valence electrons. The number of fused-ring (bicyclic) bond motifs is 3. The molecule has 0 fully saturated rings. The van der Waals surface area contributed by atoms with Crippen molar-refractivity contribution in [2.24, 2.45) is 5.92 Å². The number of allylic oxidation sites excluding steroid dienone is 2. The van der Waals surface area contributed by atoms with Gasteiger partial charge in [-0.15, -0.1) is 0 Å². The molecule has 1 heterocycles. The molecule has 6 heteroatoms. The van der Waals surface area contributed by atoms with Gasteiger partial charge in [-0.05, 0) is 48.6 Å².